The molecule has 0 aromatic carbocycles. The zero-order chi connectivity index (χ0) is 6.97. The van der Waals surface area contributed by atoms with E-state index < -0.39 is 0 Å². The van der Waals surface area contributed by atoms with Crippen molar-refractivity contribution in [3.8, 4) is 0 Å². The highest BCUT2D eigenvalue weighted by molar-refractivity contribution is 5.85. The summed E-state index contributed by atoms with van der Waals surface area (Å²) in [5.74, 6) is 5.35. The predicted octanol–water partition coefficient (Wildman–Crippen LogP) is 0.581. The van der Waals surface area contributed by atoms with Gasteiger partial charge in [-0.3, -0.25) is 11.3 Å². The number of halogens is 1. The third kappa shape index (κ3) is 1.85. The van der Waals surface area contributed by atoms with E-state index in [9.17, 15) is 0 Å². The van der Waals surface area contributed by atoms with Crippen LogP contribution < -0.4 is 11.3 Å². The van der Waals surface area contributed by atoms with Crippen molar-refractivity contribution in [3.05, 3.63) is 0 Å². The molecule has 2 fully saturated rings. The quantitative estimate of drug-likeness (QED) is 0.456. The molecule has 4 heteroatoms. The predicted molar refractivity (Wildman–Crippen MR) is 45.5 cm³/mol. The fourth-order valence-electron chi connectivity index (χ4n) is 1.99. The van der Waals surface area contributed by atoms with E-state index in [0.717, 1.165) is 12.8 Å². The molecule has 2 bridgehead atoms. The van der Waals surface area contributed by atoms with Crippen LogP contribution in [0.2, 0.25) is 0 Å². The first kappa shape index (κ1) is 9.26. The highest BCUT2D eigenvalue weighted by Crippen LogP contribution is 2.31. The first-order valence-electron chi connectivity index (χ1n) is 4.00. The van der Waals surface area contributed by atoms with Crippen molar-refractivity contribution in [2.24, 2.45) is 5.84 Å². The Morgan fingerprint density at radius 1 is 1.18 bits per heavy atom. The molecule has 0 aromatic rings. The third-order valence-electron chi connectivity index (χ3n) is 2.53. The summed E-state index contributed by atoms with van der Waals surface area (Å²) in [6, 6.07) is 0.506. The second kappa shape index (κ2) is 3.72. The molecular formula is C7H15ClN2O. The number of hydrogen-bond donors (Lipinski definition) is 2. The summed E-state index contributed by atoms with van der Waals surface area (Å²) in [6.45, 7) is 0. The summed E-state index contributed by atoms with van der Waals surface area (Å²) in [5.41, 5.74) is 2.82. The van der Waals surface area contributed by atoms with Crippen LogP contribution in [0.4, 0.5) is 0 Å². The zero-order valence-electron chi connectivity index (χ0n) is 6.45. The molecule has 2 saturated heterocycles. The van der Waals surface area contributed by atoms with Crippen molar-refractivity contribution in [2.75, 3.05) is 0 Å². The number of nitrogens with one attached hydrogen (secondary N) is 1. The molecule has 0 aliphatic carbocycles. The minimum atomic E-state index is 0. The van der Waals surface area contributed by atoms with Crippen LogP contribution in [-0.2, 0) is 4.74 Å². The molecule has 2 heterocycles. The highest BCUT2D eigenvalue weighted by atomic mass is 35.5. The molecular weight excluding hydrogens is 164 g/mol. The van der Waals surface area contributed by atoms with Crippen LogP contribution in [-0.4, -0.2) is 18.2 Å². The van der Waals surface area contributed by atoms with E-state index in [0.29, 0.717) is 18.2 Å². The number of ether oxygens (including phenoxy) is 1. The molecule has 0 amide bonds. The standard InChI is InChI=1S/C7H14N2O.ClH/c8-9-5-3-6-1-2-7(4-5)10-6;/h5-7,9H,1-4,8H2;1H/t5?,6-,7+;. The number of fused-ring (bicyclic) bond motifs is 2. The van der Waals surface area contributed by atoms with Gasteiger partial charge in [0.05, 0.1) is 12.2 Å². The summed E-state index contributed by atoms with van der Waals surface area (Å²) in [7, 11) is 0. The van der Waals surface area contributed by atoms with Crippen molar-refractivity contribution in [1.82, 2.24) is 5.43 Å². The Balaban J connectivity index is 0.000000605. The third-order valence-corrected chi connectivity index (χ3v) is 2.53. The van der Waals surface area contributed by atoms with Crippen LogP contribution in [0, 0.1) is 0 Å². The van der Waals surface area contributed by atoms with Gasteiger partial charge >= 0.3 is 0 Å². The van der Waals surface area contributed by atoms with E-state index in [1.807, 2.05) is 0 Å². The molecule has 3 nitrogen and oxygen atoms in total. The molecule has 2 aliphatic heterocycles. The van der Waals surface area contributed by atoms with E-state index in [1.54, 1.807) is 0 Å². The molecule has 2 rings (SSSR count). The van der Waals surface area contributed by atoms with Gasteiger partial charge in [-0.25, -0.2) is 0 Å². The summed E-state index contributed by atoms with van der Waals surface area (Å²) in [5, 5.41) is 0. The van der Waals surface area contributed by atoms with Gasteiger partial charge in [0.2, 0.25) is 0 Å². The Morgan fingerprint density at radius 3 is 2.18 bits per heavy atom. The largest absolute Gasteiger partial charge is 0.375 e. The van der Waals surface area contributed by atoms with Crippen LogP contribution in [0.25, 0.3) is 0 Å². The monoisotopic (exact) mass is 178 g/mol. The maximum absolute atomic E-state index is 5.63. The van der Waals surface area contributed by atoms with Crippen molar-refractivity contribution < 1.29 is 4.74 Å². The average Bonchev–Trinajstić information content (AvgIpc) is 2.30. The summed E-state index contributed by atoms with van der Waals surface area (Å²) in [4.78, 5) is 0. The Kier molecular flexibility index (Phi) is 3.13. The first-order valence-corrected chi connectivity index (χ1v) is 4.00. The van der Waals surface area contributed by atoms with E-state index in [2.05, 4.69) is 5.43 Å². The minimum Gasteiger partial charge on any atom is -0.375 e. The van der Waals surface area contributed by atoms with Crippen LogP contribution in [0.3, 0.4) is 0 Å². The molecule has 0 aromatic heterocycles. The topological polar surface area (TPSA) is 47.3 Å². The Labute approximate surface area is 73.0 Å². The van der Waals surface area contributed by atoms with Gasteiger partial charge in [0, 0.05) is 6.04 Å². The molecule has 11 heavy (non-hydrogen) atoms. The fraction of sp³-hybridized carbons (Fsp3) is 1.00. The fourth-order valence-corrected chi connectivity index (χ4v) is 1.99. The van der Waals surface area contributed by atoms with Crippen LogP contribution >= 0.6 is 12.4 Å². The van der Waals surface area contributed by atoms with E-state index >= 15 is 0 Å². The van der Waals surface area contributed by atoms with E-state index in [-0.39, 0.29) is 12.4 Å². The van der Waals surface area contributed by atoms with Gasteiger partial charge in [-0.1, -0.05) is 0 Å². The van der Waals surface area contributed by atoms with Crippen LogP contribution in [0.5, 0.6) is 0 Å². The SMILES string of the molecule is Cl.NNC1C[C@H]2CC[C@@H](C1)O2. The molecule has 1 unspecified atom stereocenters. The molecule has 66 valence electrons. The van der Waals surface area contributed by atoms with Gasteiger partial charge in [0.1, 0.15) is 0 Å². The van der Waals surface area contributed by atoms with Gasteiger partial charge in [-0.15, -0.1) is 12.4 Å². The Bertz CT molecular complexity index is 122. The second-order valence-corrected chi connectivity index (χ2v) is 3.29. The van der Waals surface area contributed by atoms with Crippen molar-refractivity contribution in [2.45, 2.75) is 43.9 Å². The van der Waals surface area contributed by atoms with Crippen molar-refractivity contribution >= 4 is 12.4 Å². The van der Waals surface area contributed by atoms with Crippen molar-refractivity contribution in [1.29, 1.82) is 0 Å². The van der Waals surface area contributed by atoms with Gasteiger partial charge in [0.15, 0.2) is 0 Å². The minimum absolute atomic E-state index is 0. The van der Waals surface area contributed by atoms with Gasteiger partial charge in [-0.05, 0) is 25.7 Å². The Hall–Kier alpha value is 0.170. The summed E-state index contributed by atoms with van der Waals surface area (Å²) >= 11 is 0. The van der Waals surface area contributed by atoms with Crippen LogP contribution in [0.15, 0.2) is 0 Å². The smallest absolute Gasteiger partial charge is 0.0595 e. The number of rotatable bonds is 1. The Morgan fingerprint density at radius 2 is 1.73 bits per heavy atom. The molecule has 3 atom stereocenters. The zero-order valence-corrected chi connectivity index (χ0v) is 7.27. The van der Waals surface area contributed by atoms with E-state index in [1.165, 1.54) is 12.8 Å². The number of nitrogens with two attached hydrogens (primary N) is 1. The summed E-state index contributed by atoms with van der Waals surface area (Å²) < 4.78 is 5.63. The molecule has 0 spiro atoms. The first-order chi connectivity index (χ1) is 4.88. The average molecular weight is 179 g/mol. The van der Waals surface area contributed by atoms with Crippen LogP contribution in [0.1, 0.15) is 25.7 Å². The normalized spacial score (nSPS) is 41.7. The van der Waals surface area contributed by atoms with Gasteiger partial charge in [0.25, 0.3) is 0 Å². The van der Waals surface area contributed by atoms with Gasteiger partial charge in [-0.2, -0.15) is 0 Å². The lowest BCUT2D eigenvalue weighted by Crippen LogP contribution is -2.42. The molecule has 0 radical (unpaired) electrons. The number of hydrogen-bond acceptors (Lipinski definition) is 3. The number of hydrazine groups is 1. The lowest BCUT2D eigenvalue weighted by molar-refractivity contribution is -0.00859. The summed E-state index contributed by atoms with van der Waals surface area (Å²) in [6.07, 6.45) is 5.69. The van der Waals surface area contributed by atoms with Crippen molar-refractivity contribution in [3.63, 3.8) is 0 Å². The lowest BCUT2D eigenvalue weighted by atomic mass is 10.1. The highest BCUT2D eigenvalue weighted by Gasteiger charge is 2.34. The lowest BCUT2D eigenvalue weighted by Gasteiger charge is -2.27. The maximum atomic E-state index is 5.63. The molecule has 2 aliphatic rings. The van der Waals surface area contributed by atoms with E-state index in [4.69, 9.17) is 10.6 Å². The maximum Gasteiger partial charge on any atom is 0.0595 e. The molecule has 0 saturated carbocycles. The van der Waals surface area contributed by atoms with Gasteiger partial charge < -0.3 is 4.74 Å². The molecule has 3 N–H and O–H groups in total. The second-order valence-electron chi connectivity index (χ2n) is 3.29.